The molecular formula is C15H19ClN2O. The molecule has 2 aliphatic heterocycles. The molecule has 3 unspecified atom stereocenters. The van der Waals surface area contributed by atoms with Crippen LogP contribution < -0.4 is 5.32 Å². The van der Waals surface area contributed by atoms with E-state index in [2.05, 4.69) is 17.1 Å². The summed E-state index contributed by atoms with van der Waals surface area (Å²) in [6.45, 7) is 5.18. The minimum Gasteiger partial charge on any atom is -0.339 e. The zero-order valence-electron chi connectivity index (χ0n) is 11.1. The van der Waals surface area contributed by atoms with E-state index in [-0.39, 0.29) is 5.91 Å². The molecule has 1 aromatic rings. The first kappa shape index (κ1) is 12.9. The van der Waals surface area contributed by atoms with E-state index in [1.54, 1.807) is 0 Å². The van der Waals surface area contributed by atoms with Gasteiger partial charge in [-0.05, 0) is 36.5 Å². The van der Waals surface area contributed by atoms with Crippen molar-refractivity contribution >= 4 is 17.5 Å². The number of nitrogens with zero attached hydrogens (tertiary/aromatic N) is 1. The van der Waals surface area contributed by atoms with Gasteiger partial charge in [0.25, 0.3) is 0 Å². The Hall–Kier alpha value is -1.06. The number of amides is 1. The fourth-order valence-electron chi connectivity index (χ4n) is 3.42. The van der Waals surface area contributed by atoms with Gasteiger partial charge in [0.1, 0.15) is 0 Å². The van der Waals surface area contributed by atoms with Crippen LogP contribution in [0.4, 0.5) is 0 Å². The van der Waals surface area contributed by atoms with Gasteiger partial charge in [0.2, 0.25) is 5.91 Å². The number of carbonyl (C=O) groups is 1. The van der Waals surface area contributed by atoms with E-state index in [0.29, 0.717) is 29.3 Å². The van der Waals surface area contributed by atoms with Gasteiger partial charge < -0.3 is 10.2 Å². The number of fused-ring (bicyclic) bond motifs is 1. The van der Waals surface area contributed by atoms with Crippen molar-refractivity contribution < 1.29 is 4.79 Å². The summed E-state index contributed by atoms with van der Waals surface area (Å²) in [7, 11) is 0. The average Bonchev–Trinajstić information content (AvgIpc) is 2.93. The molecule has 2 heterocycles. The standard InChI is InChI=1S/C15H19ClN2O/c1-10-14-8-17-7-12(14)9-18(10)15(19)6-11-3-2-4-13(16)5-11/h2-5,10,12,14,17H,6-9H2,1H3. The molecule has 1 aromatic carbocycles. The Bertz CT molecular complexity index is 491. The van der Waals surface area contributed by atoms with Gasteiger partial charge in [0.05, 0.1) is 6.42 Å². The molecule has 19 heavy (non-hydrogen) atoms. The number of benzene rings is 1. The second-order valence-electron chi connectivity index (χ2n) is 5.68. The molecule has 0 bridgehead atoms. The summed E-state index contributed by atoms with van der Waals surface area (Å²) in [4.78, 5) is 14.5. The molecule has 3 rings (SSSR count). The molecule has 102 valence electrons. The van der Waals surface area contributed by atoms with Crippen molar-refractivity contribution in [1.82, 2.24) is 10.2 Å². The van der Waals surface area contributed by atoms with Gasteiger partial charge in [-0.3, -0.25) is 4.79 Å². The molecule has 0 aromatic heterocycles. The molecule has 1 amide bonds. The smallest absolute Gasteiger partial charge is 0.227 e. The molecule has 0 spiro atoms. The molecule has 2 aliphatic rings. The summed E-state index contributed by atoms with van der Waals surface area (Å²) in [5, 5.41) is 4.11. The van der Waals surface area contributed by atoms with Crippen molar-refractivity contribution in [3.63, 3.8) is 0 Å². The van der Waals surface area contributed by atoms with Crippen LogP contribution in [0.3, 0.4) is 0 Å². The highest BCUT2D eigenvalue weighted by Gasteiger charge is 2.43. The average molecular weight is 279 g/mol. The highest BCUT2D eigenvalue weighted by molar-refractivity contribution is 6.30. The van der Waals surface area contributed by atoms with E-state index in [4.69, 9.17) is 11.6 Å². The third-order valence-electron chi connectivity index (χ3n) is 4.50. The van der Waals surface area contributed by atoms with E-state index in [9.17, 15) is 4.79 Å². The molecule has 2 saturated heterocycles. The number of rotatable bonds is 2. The third kappa shape index (κ3) is 2.49. The maximum absolute atomic E-state index is 12.4. The first-order valence-corrected chi connectivity index (χ1v) is 7.27. The van der Waals surface area contributed by atoms with Crippen molar-refractivity contribution in [2.45, 2.75) is 19.4 Å². The molecule has 2 fully saturated rings. The predicted octanol–water partition coefficient (Wildman–Crippen LogP) is 1.95. The number of halogens is 1. The van der Waals surface area contributed by atoms with Crippen LogP contribution in [0.5, 0.6) is 0 Å². The van der Waals surface area contributed by atoms with E-state index >= 15 is 0 Å². The maximum Gasteiger partial charge on any atom is 0.227 e. The number of nitrogens with one attached hydrogen (secondary N) is 1. The predicted molar refractivity (Wildman–Crippen MR) is 76.2 cm³/mol. The summed E-state index contributed by atoms with van der Waals surface area (Å²) < 4.78 is 0. The Morgan fingerprint density at radius 3 is 3.05 bits per heavy atom. The lowest BCUT2D eigenvalue weighted by Gasteiger charge is -2.24. The first-order valence-electron chi connectivity index (χ1n) is 6.90. The van der Waals surface area contributed by atoms with Gasteiger partial charge in [-0.2, -0.15) is 0 Å². The van der Waals surface area contributed by atoms with Crippen molar-refractivity contribution in [1.29, 1.82) is 0 Å². The third-order valence-corrected chi connectivity index (χ3v) is 4.73. The Labute approximate surface area is 118 Å². The van der Waals surface area contributed by atoms with Crippen molar-refractivity contribution in [3.8, 4) is 0 Å². The lowest BCUT2D eigenvalue weighted by atomic mass is 9.95. The van der Waals surface area contributed by atoms with E-state index < -0.39 is 0 Å². The van der Waals surface area contributed by atoms with Crippen LogP contribution in [0.15, 0.2) is 24.3 Å². The van der Waals surface area contributed by atoms with E-state index in [0.717, 1.165) is 25.2 Å². The molecule has 3 nitrogen and oxygen atoms in total. The van der Waals surface area contributed by atoms with Gasteiger partial charge in [0.15, 0.2) is 0 Å². The first-order chi connectivity index (χ1) is 9.15. The van der Waals surface area contributed by atoms with Crippen LogP contribution in [-0.4, -0.2) is 36.5 Å². The minimum atomic E-state index is 0.226. The molecule has 1 N–H and O–H groups in total. The molecule has 0 radical (unpaired) electrons. The minimum absolute atomic E-state index is 0.226. The monoisotopic (exact) mass is 278 g/mol. The van der Waals surface area contributed by atoms with Crippen LogP contribution in [0.2, 0.25) is 5.02 Å². The van der Waals surface area contributed by atoms with E-state index in [1.807, 2.05) is 24.3 Å². The molecule has 4 heteroatoms. The second kappa shape index (κ2) is 5.14. The highest BCUT2D eigenvalue weighted by Crippen LogP contribution is 2.32. The summed E-state index contributed by atoms with van der Waals surface area (Å²) in [5.41, 5.74) is 1.000. The van der Waals surface area contributed by atoms with E-state index in [1.165, 1.54) is 0 Å². The Kier molecular flexibility index (Phi) is 3.50. The topological polar surface area (TPSA) is 32.3 Å². The van der Waals surface area contributed by atoms with Gasteiger partial charge in [-0.25, -0.2) is 0 Å². The van der Waals surface area contributed by atoms with Crippen LogP contribution in [0, 0.1) is 11.8 Å². The van der Waals surface area contributed by atoms with Gasteiger partial charge in [-0.1, -0.05) is 23.7 Å². The second-order valence-corrected chi connectivity index (χ2v) is 6.11. The summed E-state index contributed by atoms with van der Waals surface area (Å²) in [5.74, 6) is 1.49. The summed E-state index contributed by atoms with van der Waals surface area (Å²) in [6, 6.07) is 7.93. The number of hydrogen-bond donors (Lipinski definition) is 1. The van der Waals surface area contributed by atoms with Crippen molar-refractivity contribution in [2.75, 3.05) is 19.6 Å². The normalized spacial score (nSPS) is 29.6. The van der Waals surface area contributed by atoms with Crippen LogP contribution >= 0.6 is 11.6 Å². The fraction of sp³-hybridized carbons (Fsp3) is 0.533. The summed E-state index contributed by atoms with van der Waals surface area (Å²) >= 11 is 5.96. The van der Waals surface area contributed by atoms with Crippen LogP contribution in [0.25, 0.3) is 0 Å². The number of carbonyl (C=O) groups excluding carboxylic acids is 1. The van der Waals surface area contributed by atoms with Crippen LogP contribution in [0.1, 0.15) is 12.5 Å². The maximum atomic E-state index is 12.4. The highest BCUT2D eigenvalue weighted by atomic mass is 35.5. The molecule has 0 saturated carbocycles. The van der Waals surface area contributed by atoms with Crippen molar-refractivity contribution in [3.05, 3.63) is 34.9 Å². The lowest BCUT2D eigenvalue weighted by molar-refractivity contribution is -0.131. The van der Waals surface area contributed by atoms with Gasteiger partial charge in [0, 0.05) is 30.7 Å². The Morgan fingerprint density at radius 2 is 2.32 bits per heavy atom. The summed E-state index contributed by atoms with van der Waals surface area (Å²) in [6.07, 6.45) is 0.456. The zero-order valence-corrected chi connectivity index (χ0v) is 11.9. The van der Waals surface area contributed by atoms with Gasteiger partial charge in [-0.15, -0.1) is 0 Å². The SMILES string of the molecule is CC1C2CNCC2CN1C(=O)Cc1cccc(Cl)c1. The molecule has 0 aliphatic carbocycles. The lowest BCUT2D eigenvalue weighted by Crippen LogP contribution is -2.38. The molecular weight excluding hydrogens is 260 g/mol. The number of likely N-dealkylation sites (tertiary alicyclic amines) is 1. The quantitative estimate of drug-likeness (QED) is 0.897. The Balaban J connectivity index is 1.68. The van der Waals surface area contributed by atoms with Gasteiger partial charge >= 0.3 is 0 Å². The van der Waals surface area contributed by atoms with Crippen molar-refractivity contribution in [2.24, 2.45) is 11.8 Å². The Morgan fingerprint density at radius 1 is 1.47 bits per heavy atom. The zero-order chi connectivity index (χ0) is 13.4. The molecule has 3 atom stereocenters. The largest absolute Gasteiger partial charge is 0.339 e. The van der Waals surface area contributed by atoms with Crippen LogP contribution in [-0.2, 0) is 11.2 Å². The fourth-order valence-corrected chi connectivity index (χ4v) is 3.63. The number of hydrogen-bond acceptors (Lipinski definition) is 2.